The van der Waals surface area contributed by atoms with Crippen molar-refractivity contribution < 1.29 is 0 Å². The van der Waals surface area contributed by atoms with E-state index in [0.29, 0.717) is 6.04 Å². The lowest BCUT2D eigenvalue weighted by molar-refractivity contribution is 0.479. The van der Waals surface area contributed by atoms with E-state index in [-0.39, 0.29) is 0 Å². The molecule has 0 fully saturated rings. The fourth-order valence-electron chi connectivity index (χ4n) is 2.66. The SMILES string of the molecule is CCCCCCCCCCNC(CCC)c1cccs1. The molecular weight excluding hydrogens is 262 g/mol. The minimum atomic E-state index is 0.588. The maximum Gasteiger partial charge on any atom is 0.0414 e. The lowest BCUT2D eigenvalue weighted by Gasteiger charge is -2.16. The zero-order valence-corrected chi connectivity index (χ0v) is 14.3. The van der Waals surface area contributed by atoms with Gasteiger partial charge in [0, 0.05) is 10.9 Å². The highest BCUT2D eigenvalue weighted by Crippen LogP contribution is 2.23. The molecule has 0 bridgehead atoms. The Morgan fingerprint density at radius 1 is 0.950 bits per heavy atom. The minimum absolute atomic E-state index is 0.588. The van der Waals surface area contributed by atoms with Crippen molar-refractivity contribution in [3.8, 4) is 0 Å². The number of nitrogens with one attached hydrogen (secondary N) is 1. The average Bonchev–Trinajstić information content (AvgIpc) is 2.98. The van der Waals surface area contributed by atoms with Crippen molar-refractivity contribution >= 4 is 11.3 Å². The fraction of sp³-hybridized carbons (Fsp3) is 0.778. The normalized spacial score (nSPS) is 12.7. The molecule has 0 aromatic carbocycles. The van der Waals surface area contributed by atoms with Gasteiger partial charge in [0.2, 0.25) is 0 Å². The van der Waals surface area contributed by atoms with Crippen LogP contribution in [-0.2, 0) is 0 Å². The molecule has 0 saturated heterocycles. The third kappa shape index (κ3) is 8.06. The molecule has 1 aromatic heterocycles. The third-order valence-corrected chi connectivity index (χ3v) is 4.87. The molecule has 2 heteroatoms. The van der Waals surface area contributed by atoms with Gasteiger partial charge in [-0.15, -0.1) is 11.3 Å². The molecule has 116 valence electrons. The molecule has 0 amide bonds. The average molecular weight is 296 g/mol. The van der Waals surface area contributed by atoms with E-state index < -0.39 is 0 Å². The van der Waals surface area contributed by atoms with E-state index in [1.54, 1.807) is 0 Å². The molecule has 0 aliphatic heterocycles. The highest BCUT2D eigenvalue weighted by Gasteiger charge is 2.09. The van der Waals surface area contributed by atoms with Gasteiger partial charge in [0.05, 0.1) is 0 Å². The standard InChI is InChI=1S/C18H33NS/c1-3-5-6-7-8-9-10-11-15-19-17(13-4-2)18-14-12-16-20-18/h12,14,16-17,19H,3-11,13,15H2,1-2H3. The number of hydrogen-bond donors (Lipinski definition) is 1. The quantitative estimate of drug-likeness (QED) is 0.420. The van der Waals surface area contributed by atoms with Gasteiger partial charge in [0.25, 0.3) is 0 Å². The third-order valence-electron chi connectivity index (χ3n) is 3.89. The van der Waals surface area contributed by atoms with Crippen molar-refractivity contribution in [2.75, 3.05) is 6.54 Å². The Hall–Kier alpha value is -0.340. The lowest BCUT2D eigenvalue weighted by Crippen LogP contribution is -2.21. The number of thiophene rings is 1. The van der Waals surface area contributed by atoms with Crippen molar-refractivity contribution in [3.63, 3.8) is 0 Å². The second-order valence-electron chi connectivity index (χ2n) is 5.79. The van der Waals surface area contributed by atoms with Gasteiger partial charge in [-0.1, -0.05) is 71.3 Å². The summed E-state index contributed by atoms with van der Waals surface area (Å²) in [5, 5.41) is 5.94. The van der Waals surface area contributed by atoms with Crippen LogP contribution in [0, 0.1) is 0 Å². The van der Waals surface area contributed by atoms with Gasteiger partial charge in [0.15, 0.2) is 0 Å². The summed E-state index contributed by atoms with van der Waals surface area (Å²) in [4.78, 5) is 1.51. The Morgan fingerprint density at radius 3 is 2.25 bits per heavy atom. The van der Waals surface area contributed by atoms with Crippen molar-refractivity contribution in [1.82, 2.24) is 5.32 Å². The van der Waals surface area contributed by atoms with Crippen LogP contribution in [0.2, 0.25) is 0 Å². The topological polar surface area (TPSA) is 12.0 Å². The summed E-state index contributed by atoms with van der Waals surface area (Å²) < 4.78 is 0. The van der Waals surface area contributed by atoms with Gasteiger partial charge in [-0.05, 0) is 30.8 Å². The molecule has 1 unspecified atom stereocenters. The highest BCUT2D eigenvalue weighted by molar-refractivity contribution is 7.10. The molecule has 1 atom stereocenters. The molecule has 1 heterocycles. The van der Waals surface area contributed by atoms with Crippen LogP contribution < -0.4 is 5.32 Å². The monoisotopic (exact) mass is 295 g/mol. The first kappa shape index (κ1) is 17.7. The van der Waals surface area contributed by atoms with Crippen LogP contribution in [0.4, 0.5) is 0 Å². The van der Waals surface area contributed by atoms with E-state index in [4.69, 9.17) is 0 Å². The maximum atomic E-state index is 3.74. The van der Waals surface area contributed by atoms with E-state index in [2.05, 4.69) is 36.7 Å². The zero-order chi connectivity index (χ0) is 14.5. The van der Waals surface area contributed by atoms with E-state index in [1.807, 2.05) is 11.3 Å². The predicted molar refractivity (Wildman–Crippen MR) is 92.6 cm³/mol. The fourth-order valence-corrected chi connectivity index (χ4v) is 3.50. The molecule has 0 saturated carbocycles. The molecule has 0 radical (unpaired) electrons. The lowest BCUT2D eigenvalue weighted by atomic mass is 10.1. The summed E-state index contributed by atoms with van der Waals surface area (Å²) in [6.07, 6.45) is 13.7. The van der Waals surface area contributed by atoms with E-state index in [1.165, 1.54) is 75.6 Å². The van der Waals surface area contributed by atoms with Crippen molar-refractivity contribution in [3.05, 3.63) is 22.4 Å². The molecule has 0 spiro atoms. The van der Waals surface area contributed by atoms with Crippen molar-refractivity contribution in [2.24, 2.45) is 0 Å². The molecule has 0 aliphatic carbocycles. The van der Waals surface area contributed by atoms with E-state index in [9.17, 15) is 0 Å². The van der Waals surface area contributed by atoms with E-state index >= 15 is 0 Å². The summed E-state index contributed by atoms with van der Waals surface area (Å²) in [5.74, 6) is 0. The molecule has 20 heavy (non-hydrogen) atoms. The highest BCUT2D eigenvalue weighted by atomic mass is 32.1. The number of rotatable bonds is 13. The van der Waals surface area contributed by atoms with E-state index in [0.717, 1.165) is 0 Å². The first-order valence-corrected chi connectivity index (χ1v) is 9.53. The Bertz CT molecular complexity index is 294. The second kappa shape index (κ2) is 12.4. The summed E-state index contributed by atoms with van der Waals surface area (Å²) in [5.41, 5.74) is 0. The largest absolute Gasteiger partial charge is 0.309 e. The molecule has 1 rings (SSSR count). The van der Waals surface area contributed by atoms with Gasteiger partial charge >= 0.3 is 0 Å². The molecular formula is C18H33NS. The van der Waals surface area contributed by atoms with Crippen molar-refractivity contribution in [1.29, 1.82) is 0 Å². The Morgan fingerprint density at radius 2 is 1.65 bits per heavy atom. The van der Waals surface area contributed by atoms with Crippen LogP contribution in [0.25, 0.3) is 0 Å². The summed E-state index contributed by atoms with van der Waals surface area (Å²) in [7, 11) is 0. The van der Waals surface area contributed by atoms with Crippen molar-refractivity contribution in [2.45, 2.75) is 84.1 Å². The molecule has 0 aliphatic rings. The van der Waals surface area contributed by atoms with Gasteiger partial charge in [-0.25, -0.2) is 0 Å². The van der Waals surface area contributed by atoms with Crippen LogP contribution in [0.5, 0.6) is 0 Å². The van der Waals surface area contributed by atoms with Crippen LogP contribution in [0.1, 0.15) is 89.0 Å². The molecule has 1 nitrogen and oxygen atoms in total. The zero-order valence-electron chi connectivity index (χ0n) is 13.5. The first-order valence-electron chi connectivity index (χ1n) is 8.65. The number of hydrogen-bond acceptors (Lipinski definition) is 2. The minimum Gasteiger partial charge on any atom is -0.309 e. The smallest absolute Gasteiger partial charge is 0.0414 e. The van der Waals surface area contributed by atoms with Crippen LogP contribution in [0.3, 0.4) is 0 Å². The maximum absolute atomic E-state index is 3.74. The van der Waals surface area contributed by atoms with Gasteiger partial charge < -0.3 is 5.32 Å². The predicted octanol–water partition coefficient (Wildman–Crippen LogP) is 6.32. The van der Waals surface area contributed by atoms with Gasteiger partial charge in [0.1, 0.15) is 0 Å². The van der Waals surface area contributed by atoms with Crippen LogP contribution in [0.15, 0.2) is 17.5 Å². The summed E-state index contributed by atoms with van der Waals surface area (Å²) in [6, 6.07) is 5.02. The number of unbranched alkanes of at least 4 members (excludes halogenated alkanes) is 7. The van der Waals surface area contributed by atoms with Crippen LogP contribution in [-0.4, -0.2) is 6.54 Å². The Balaban J connectivity index is 2.01. The summed E-state index contributed by atoms with van der Waals surface area (Å²) in [6.45, 7) is 5.74. The first-order chi connectivity index (χ1) is 9.88. The summed E-state index contributed by atoms with van der Waals surface area (Å²) >= 11 is 1.89. The Labute approximate surface area is 130 Å². The molecule has 1 N–H and O–H groups in total. The van der Waals surface area contributed by atoms with Crippen LogP contribution >= 0.6 is 11.3 Å². The van der Waals surface area contributed by atoms with Gasteiger partial charge in [-0.3, -0.25) is 0 Å². The Kier molecular flexibility index (Phi) is 11.0. The molecule has 1 aromatic rings. The second-order valence-corrected chi connectivity index (χ2v) is 6.76. The van der Waals surface area contributed by atoms with Gasteiger partial charge in [-0.2, -0.15) is 0 Å².